The number of likely N-dealkylation sites (N-methyl/N-ethyl adjacent to an activating group) is 1. The number of rotatable bonds is 6. The number of carbonyl (C=O) groups excluding carboxylic acids is 1. The van der Waals surface area contributed by atoms with Crippen molar-refractivity contribution in [1.29, 1.82) is 0 Å². The normalized spacial score (nSPS) is 19.5. The first-order chi connectivity index (χ1) is 19.7. The Bertz CT molecular complexity index is 1660. The van der Waals surface area contributed by atoms with Crippen molar-refractivity contribution in [2.75, 3.05) is 23.8 Å². The van der Waals surface area contributed by atoms with E-state index in [1.165, 1.54) is 16.8 Å². The van der Waals surface area contributed by atoms with E-state index in [1.54, 1.807) is 0 Å². The Kier molecular flexibility index (Phi) is 6.99. The lowest BCUT2D eigenvalue weighted by Crippen LogP contribution is -2.42. The lowest BCUT2D eigenvalue weighted by molar-refractivity contribution is -0.116. The molecule has 3 heterocycles. The van der Waals surface area contributed by atoms with Crippen molar-refractivity contribution >= 4 is 51.0 Å². The van der Waals surface area contributed by atoms with Gasteiger partial charge in [-0.05, 0) is 79.8 Å². The largest absolute Gasteiger partial charge is 0.366 e. The van der Waals surface area contributed by atoms with Gasteiger partial charge in [0.05, 0.1) is 23.3 Å². The third-order valence-corrected chi connectivity index (χ3v) is 8.78. The van der Waals surface area contributed by atoms with E-state index in [0.29, 0.717) is 18.1 Å². The first-order valence-corrected chi connectivity index (χ1v) is 14.5. The summed E-state index contributed by atoms with van der Waals surface area (Å²) in [6, 6.07) is 26.4. The molecule has 6 rings (SSSR count). The van der Waals surface area contributed by atoms with Gasteiger partial charge in [-0.2, -0.15) is 0 Å². The minimum absolute atomic E-state index is 0.0442. The van der Waals surface area contributed by atoms with Crippen LogP contribution in [0, 0.1) is 0 Å². The molecule has 2 aliphatic heterocycles. The highest BCUT2D eigenvalue weighted by atomic mass is 32.1. The Balaban J connectivity index is 1.30. The van der Waals surface area contributed by atoms with Crippen LogP contribution >= 0.6 is 12.2 Å². The molecule has 2 unspecified atom stereocenters. The van der Waals surface area contributed by atoms with Crippen molar-refractivity contribution in [3.8, 4) is 0 Å². The standard InChI is InChI=1S/C34H35N5OS/c1-22-21-34(2,3)38(4)29-16-15-24(20-26(22)29)32-31(28-13-7-8-18-35-28)37-33(41)39(32)19-17-30(40)36-27-14-9-11-23-10-5-6-12-25(23)27/h5-16,18,20-21,31-32H,17,19H2,1-4H3,(H,36,40)(H,37,41). The maximum Gasteiger partial charge on any atom is 0.226 e. The van der Waals surface area contributed by atoms with Crippen LogP contribution in [0.25, 0.3) is 16.3 Å². The van der Waals surface area contributed by atoms with Gasteiger partial charge in [0.25, 0.3) is 0 Å². The molecule has 6 nitrogen and oxygen atoms in total. The highest BCUT2D eigenvalue weighted by molar-refractivity contribution is 7.80. The second-order valence-corrected chi connectivity index (χ2v) is 11.8. The molecule has 1 amide bonds. The molecule has 3 aromatic carbocycles. The van der Waals surface area contributed by atoms with E-state index < -0.39 is 0 Å². The van der Waals surface area contributed by atoms with Gasteiger partial charge in [0.1, 0.15) is 0 Å². The zero-order chi connectivity index (χ0) is 28.7. The molecule has 0 spiro atoms. The van der Waals surface area contributed by atoms with Crippen molar-refractivity contribution in [2.24, 2.45) is 0 Å². The number of nitrogens with one attached hydrogen (secondary N) is 2. The predicted molar refractivity (Wildman–Crippen MR) is 172 cm³/mol. The molecule has 2 aliphatic rings. The summed E-state index contributed by atoms with van der Waals surface area (Å²) in [7, 11) is 2.14. The third kappa shape index (κ3) is 5.06. The van der Waals surface area contributed by atoms with E-state index in [9.17, 15) is 4.79 Å². The van der Waals surface area contributed by atoms with Crippen LogP contribution in [0.15, 0.2) is 91.1 Å². The summed E-state index contributed by atoms with van der Waals surface area (Å²) in [6.45, 7) is 7.12. The number of thiocarbonyl (C=S) groups is 1. The molecular formula is C34H35N5OS. The fourth-order valence-corrected chi connectivity index (χ4v) is 6.47. The Labute approximate surface area is 247 Å². The predicted octanol–water partition coefficient (Wildman–Crippen LogP) is 6.87. The third-order valence-electron chi connectivity index (χ3n) is 8.42. The summed E-state index contributed by atoms with van der Waals surface area (Å²) in [4.78, 5) is 22.4. The molecular weight excluding hydrogens is 526 g/mol. The zero-order valence-electron chi connectivity index (χ0n) is 23.9. The topological polar surface area (TPSA) is 60.5 Å². The number of pyridine rings is 1. The molecule has 1 aromatic heterocycles. The fraction of sp³-hybridized carbons (Fsp3) is 0.265. The van der Waals surface area contributed by atoms with E-state index in [4.69, 9.17) is 12.2 Å². The number of allylic oxidation sites excluding steroid dienone is 1. The number of nitrogens with zero attached hydrogens (tertiary/aromatic N) is 3. The van der Waals surface area contributed by atoms with Gasteiger partial charge >= 0.3 is 0 Å². The Morgan fingerprint density at radius 3 is 2.63 bits per heavy atom. The molecule has 2 atom stereocenters. The molecule has 7 heteroatoms. The molecule has 4 aromatic rings. The van der Waals surface area contributed by atoms with Crippen LogP contribution in [0.1, 0.15) is 56.1 Å². The summed E-state index contributed by atoms with van der Waals surface area (Å²) < 4.78 is 0. The molecule has 0 saturated carbocycles. The number of anilines is 2. The Morgan fingerprint density at radius 1 is 1.05 bits per heavy atom. The second-order valence-electron chi connectivity index (χ2n) is 11.5. The van der Waals surface area contributed by atoms with E-state index in [0.717, 1.165) is 27.7 Å². The number of carbonyl (C=O) groups is 1. The number of benzene rings is 3. The SMILES string of the molecule is CC1=CC(C)(C)N(C)c2ccc(C3C(c4ccccn4)NC(=S)N3CCC(=O)Nc3cccc4ccccc34)cc21. The van der Waals surface area contributed by atoms with Gasteiger partial charge in [-0.15, -0.1) is 0 Å². The summed E-state index contributed by atoms with van der Waals surface area (Å²) in [5.74, 6) is -0.0442. The van der Waals surface area contributed by atoms with E-state index >= 15 is 0 Å². The average Bonchev–Trinajstić information content (AvgIpc) is 3.31. The van der Waals surface area contributed by atoms with Crippen LogP contribution < -0.4 is 15.5 Å². The van der Waals surface area contributed by atoms with Crippen LogP contribution in [0.4, 0.5) is 11.4 Å². The van der Waals surface area contributed by atoms with Crippen molar-refractivity contribution in [2.45, 2.75) is 44.8 Å². The number of hydrogen-bond acceptors (Lipinski definition) is 4. The number of aromatic nitrogens is 1. The molecule has 0 bridgehead atoms. The second kappa shape index (κ2) is 10.6. The summed E-state index contributed by atoms with van der Waals surface area (Å²) in [5.41, 5.74) is 6.51. The average molecular weight is 562 g/mol. The van der Waals surface area contributed by atoms with Gasteiger partial charge in [0, 0.05) is 48.5 Å². The Hall–Kier alpha value is -4.23. The summed E-state index contributed by atoms with van der Waals surface area (Å²) >= 11 is 5.87. The quantitative estimate of drug-likeness (QED) is 0.251. The van der Waals surface area contributed by atoms with Crippen molar-refractivity contribution in [3.63, 3.8) is 0 Å². The van der Waals surface area contributed by atoms with Crippen LogP contribution in [0.5, 0.6) is 0 Å². The smallest absolute Gasteiger partial charge is 0.226 e. The maximum atomic E-state index is 13.2. The van der Waals surface area contributed by atoms with Crippen LogP contribution in [-0.4, -0.2) is 40.0 Å². The van der Waals surface area contributed by atoms with Gasteiger partial charge in [0.15, 0.2) is 5.11 Å². The molecule has 208 valence electrons. The highest BCUT2D eigenvalue weighted by Gasteiger charge is 2.40. The number of amides is 1. The molecule has 0 radical (unpaired) electrons. The van der Waals surface area contributed by atoms with Crippen LogP contribution in [0.3, 0.4) is 0 Å². The van der Waals surface area contributed by atoms with Crippen LogP contribution in [0.2, 0.25) is 0 Å². The molecule has 1 saturated heterocycles. The first-order valence-electron chi connectivity index (χ1n) is 14.1. The van der Waals surface area contributed by atoms with Crippen LogP contribution in [-0.2, 0) is 4.79 Å². The lowest BCUT2D eigenvalue weighted by Gasteiger charge is -2.41. The van der Waals surface area contributed by atoms with Gasteiger partial charge in [0.2, 0.25) is 5.91 Å². The van der Waals surface area contributed by atoms with Crippen molar-refractivity contribution in [3.05, 3.63) is 108 Å². The minimum Gasteiger partial charge on any atom is -0.366 e. The van der Waals surface area contributed by atoms with Crippen molar-refractivity contribution in [1.82, 2.24) is 15.2 Å². The van der Waals surface area contributed by atoms with Gasteiger partial charge < -0.3 is 20.4 Å². The van der Waals surface area contributed by atoms with Gasteiger partial charge in [-0.3, -0.25) is 9.78 Å². The number of fused-ring (bicyclic) bond motifs is 2. The highest BCUT2D eigenvalue weighted by Crippen LogP contribution is 2.43. The lowest BCUT2D eigenvalue weighted by atomic mass is 9.86. The summed E-state index contributed by atoms with van der Waals surface area (Å²) in [5, 5.41) is 9.40. The van der Waals surface area contributed by atoms with Gasteiger partial charge in [-0.1, -0.05) is 54.6 Å². The molecule has 2 N–H and O–H groups in total. The minimum atomic E-state index is -0.134. The van der Waals surface area contributed by atoms with E-state index in [-0.39, 0.29) is 23.5 Å². The maximum absolute atomic E-state index is 13.2. The molecule has 0 aliphatic carbocycles. The summed E-state index contributed by atoms with van der Waals surface area (Å²) in [6.07, 6.45) is 4.44. The molecule has 1 fully saturated rings. The van der Waals surface area contributed by atoms with Gasteiger partial charge in [-0.25, -0.2) is 0 Å². The fourth-order valence-electron chi connectivity index (χ4n) is 6.14. The number of hydrogen-bond donors (Lipinski definition) is 2. The van der Waals surface area contributed by atoms with Crippen molar-refractivity contribution < 1.29 is 4.79 Å². The monoisotopic (exact) mass is 561 g/mol. The zero-order valence-corrected chi connectivity index (χ0v) is 24.7. The Morgan fingerprint density at radius 2 is 1.83 bits per heavy atom. The molecule has 41 heavy (non-hydrogen) atoms. The first kappa shape index (κ1) is 27.0. The van der Waals surface area contributed by atoms with E-state index in [1.807, 2.05) is 54.7 Å². The van der Waals surface area contributed by atoms with E-state index in [2.05, 4.69) is 89.6 Å².